The fourth-order valence-electron chi connectivity index (χ4n) is 4.63. The Balaban J connectivity index is 1.40. The molecule has 1 aliphatic carbocycles. The van der Waals surface area contributed by atoms with E-state index in [2.05, 4.69) is 83.6 Å². The molecular weight excluding hydrogens is 380 g/mol. The molecule has 0 amide bonds. The standard InChI is InChI=1S/C28H24N2O/c31-28(23-7-4-8-23)30-16-14-22-10-12-25(18-27(22)30)24-11-9-21-13-15-29(26(21)17-24)19-20-5-2-1-3-6-20/h1-3,5-6,9-18,23H,4,7-8,19H2. The number of hydrogen-bond acceptors (Lipinski definition) is 1. The monoisotopic (exact) mass is 404 g/mol. The lowest BCUT2D eigenvalue weighted by molar-refractivity contribution is 0.0770. The van der Waals surface area contributed by atoms with Gasteiger partial charge < -0.3 is 4.57 Å². The van der Waals surface area contributed by atoms with Crippen LogP contribution in [0.2, 0.25) is 0 Å². The van der Waals surface area contributed by atoms with Crippen LogP contribution in [0.25, 0.3) is 32.9 Å². The van der Waals surface area contributed by atoms with E-state index in [9.17, 15) is 4.79 Å². The van der Waals surface area contributed by atoms with Crippen molar-refractivity contribution in [3.05, 3.63) is 96.8 Å². The molecule has 3 heteroatoms. The summed E-state index contributed by atoms with van der Waals surface area (Å²) in [6, 6.07) is 27.9. The molecule has 5 aromatic rings. The van der Waals surface area contributed by atoms with Crippen molar-refractivity contribution in [2.75, 3.05) is 0 Å². The minimum atomic E-state index is 0.192. The molecule has 3 aromatic carbocycles. The molecule has 3 nitrogen and oxygen atoms in total. The van der Waals surface area contributed by atoms with E-state index in [1.807, 2.05) is 16.8 Å². The third-order valence-corrected chi connectivity index (χ3v) is 6.69. The molecule has 6 rings (SSSR count). The summed E-state index contributed by atoms with van der Waals surface area (Å²) in [4.78, 5) is 12.9. The van der Waals surface area contributed by atoms with Crippen LogP contribution in [-0.2, 0) is 6.54 Å². The molecule has 0 N–H and O–H groups in total. The Kier molecular flexibility index (Phi) is 4.27. The first-order valence-electron chi connectivity index (χ1n) is 11.0. The minimum Gasteiger partial charge on any atom is -0.343 e. The van der Waals surface area contributed by atoms with Crippen LogP contribution in [0.5, 0.6) is 0 Å². The maximum Gasteiger partial charge on any atom is 0.234 e. The normalized spacial score (nSPS) is 14.2. The van der Waals surface area contributed by atoms with Gasteiger partial charge in [0.1, 0.15) is 0 Å². The summed E-state index contributed by atoms with van der Waals surface area (Å²) >= 11 is 0. The molecular formula is C28H24N2O. The molecule has 1 aliphatic rings. The van der Waals surface area contributed by atoms with E-state index in [0.717, 1.165) is 35.9 Å². The lowest BCUT2D eigenvalue weighted by Crippen LogP contribution is -2.26. The summed E-state index contributed by atoms with van der Waals surface area (Å²) in [5.74, 6) is 0.433. The van der Waals surface area contributed by atoms with Gasteiger partial charge in [0.15, 0.2) is 0 Å². The van der Waals surface area contributed by atoms with Crippen LogP contribution in [0.4, 0.5) is 0 Å². The highest BCUT2D eigenvalue weighted by atomic mass is 16.2. The van der Waals surface area contributed by atoms with Gasteiger partial charge in [-0.1, -0.05) is 61.0 Å². The number of rotatable bonds is 4. The maximum atomic E-state index is 12.9. The minimum absolute atomic E-state index is 0.192. The number of carbonyl (C=O) groups excluding carboxylic acids is 1. The van der Waals surface area contributed by atoms with E-state index >= 15 is 0 Å². The number of carbonyl (C=O) groups is 1. The molecule has 0 spiro atoms. The van der Waals surface area contributed by atoms with Gasteiger partial charge in [-0.15, -0.1) is 0 Å². The quantitative estimate of drug-likeness (QED) is 0.325. The van der Waals surface area contributed by atoms with Crippen molar-refractivity contribution >= 4 is 27.7 Å². The van der Waals surface area contributed by atoms with Crippen molar-refractivity contribution in [1.29, 1.82) is 0 Å². The Bertz CT molecular complexity index is 1400. The van der Waals surface area contributed by atoms with Crippen LogP contribution in [0.3, 0.4) is 0 Å². The fraction of sp³-hybridized carbons (Fsp3) is 0.179. The van der Waals surface area contributed by atoms with Gasteiger partial charge in [0, 0.05) is 35.8 Å². The van der Waals surface area contributed by atoms with Crippen LogP contribution >= 0.6 is 0 Å². The van der Waals surface area contributed by atoms with Crippen molar-refractivity contribution in [1.82, 2.24) is 9.13 Å². The van der Waals surface area contributed by atoms with Gasteiger partial charge in [0.25, 0.3) is 0 Å². The van der Waals surface area contributed by atoms with Crippen molar-refractivity contribution in [2.24, 2.45) is 5.92 Å². The first kappa shape index (κ1) is 18.2. The lowest BCUT2D eigenvalue weighted by atomic mass is 9.85. The molecule has 0 unspecified atom stereocenters. The Hall–Kier alpha value is -3.59. The predicted molar refractivity (Wildman–Crippen MR) is 126 cm³/mol. The largest absolute Gasteiger partial charge is 0.343 e. The molecule has 0 saturated heterocycles. The summed E-state index contributed by atoms with van der Waals surface area (Å²) in [6.45, 7) is 0.853. The summed E-state index contributed by atoms with van der Waals surface area (Å²) in [6.07, 6.45) is 7.31. The van der Waals surface area contributed by atoms with E-state index in [0.29, 0.717) is 0 Å². The smallest absolute Gasteiger partial charge is 0.234 e. The van der Waals surface area contributed by atoms with Crippen molar-refractivity contribution in [2.45, 2.75) is 25.8 Å². The number of aromatic nitrogens is 2. The summed E-state index contributed by atoms with van der Waals surface area (Å²) in [7, 11) is 0. The van der Waals surface area contributed by atoms with Crippen molar-refractivity contribution < 1.29 is 4.79 Å². The van der Waals surface area contributed by atoms with Gasteiger partial charge in [-0.3, -0.25) is 9.36 Å². The van der Waals surface area contributed by atoms with Crippen molar-refractivity contribution in [3.8, 4) is 11.1 Å². The summed E-state index contributed by atoms with van der Waals surface area (Å²) in [5, 5.41) is 2.36. The van der Waals surface area contributed by atoms with Crippen molar-refractivity contribution in [3.63, 3.8) is 0 Å². The molecule has 1 saturated carbocycles. The Morgan fingerprint density at radius 3 is 2.16 bits per heavy atom. The van der Waals surface area contributed by atoms with Gasteiger partial charge in [-0.05, 0) is 59.2 Å². The van der Waals surface area contributed by atoms with Gasteiger partial charge in [-0.2, -0.15) is 0 Å². The highest BCUT2D eigenvalue weighted by Crippen LogP contribution is 2.32. The second-order valence-electron chi connectivity index (χ2n) is 8.63. The highest BCUT2D eigenvalue weighted by molar-refractivity contribution is 5.96. The van der Waals surface area contributed by atoms with Gasteiger partial charge in [-0.25, -0.2) is 0 Å². The van der Waals surface area contributed by atoms with Gasteiger partial charge in [0.05, 0.1) is 5.52 Å². The Morgan fingerprint density at radius 1 is 0.774 bits per heavy atom. The Morgan fingerprint density at radius 2 is 1.45 bits per heavy atom. The average molecular weight is 405 g/mol. The third kappa shape index (κ3) is 3.17. The molecule has 31 heavy (non-hydrogen) atoms. The van der Waals surface area contributed by atoms with E-state index < -0.39 is 0 Å². The Labute approximate surface area is 181 Å². The second-order valence-corrected chi connectivity index (χ2v) is 8.63. The van der Waals surface area contributed by atoms with E-state index in [1.165, 1.54) is 28.5 Å². The first-order chi connectivity index (χ1) is 15.3. The molecule has 0 radical (unpaired) electrons. The van der Waals surface area contributed by atoms with Crippen LogP contribution < -0.4 is 0 Å². The van der Waals surface area contributed by atoms with Gasteiger partial charge in [0.2, 0.25) is 5.91 Å². The van der Waals surface area contributed by atoms with E-state index in [1.54, 1.807) is 0 Å². The zero-order chi connectivity index (χ0) is 20.8. The topological polar surface area (TPSA) is 26.9 Å². The SMILES string of the molecule is O=C(C1CCC1)n1ccc2ccc(-c3ccc4ccn(Cc5ccccc5)c4c3)cc21. The number of fused-ring (bicyclic) bond motifs is 2. The van der Waals surface area contributed by atoms with Crippen LogP contribution in [0.1, 0.15) is 29.6 Å². The third-order valence-electron chi connectivity index (χ3n) is 6.69. The maximum absolute atomic E-state index is 12.9. The first-order valence-corrected chi connectivity index (χ1v) is 11.0. The molecule has 0 atom stereocenters. The van der Waals surface area contributed by atoms with E-state index in [-0.39, 0.29) is 11.8 Å². The summed E-state index contributed by atoms with van der Waals surface area (Å²) < 4.78 is 4.16. The average Bonchev–Trinajstić information content (AvgIpc) is 3.36. The lowest BCUT2D eigenvalue weighted by Gasteiger charge is -2.24. The highest BCUT2D eigenvalue weighted by Gasteiger charge is 2.27. The van der Waals surface area contributed by atoms with Crippen LogP contribution in [0.15, 0.2) is 91.3 Å². The molecule has 1 fully saturated rings. The predicted octanol–water partition coefficient (Wildman–Crippen LogP) is 6.75. The van der Waals surface area contributed by atoms with Crippen LogP contribution in [-0.4, -0.2) is 15.0 Å². The van der Waals surface area contributed by atoms with E-state index in [4.69, 9.17) is 0 Å². The zero-order valence-corrected chi connectivity index (χ0v) is 17.4. The number of nitrogens with zero attached hydrogens (tertiary/aromatic N) is 2. The zero-order valence-electron chi connectivity index (χ0n) is 17.4. The molecule has 152 valence electrons. The summed E-state index contributed by atoms with van der Waals surface area (Å²) in [5.41, 5.74) is 5.84. The molecule has 2 aromatic heterocycles. The van der Waals surface area contributed by atoms with Gasteiger partial charge >= 0.3 is 0 Å². The molecule has 0 bridgehead atoms. The molecule has 2 heterocycles. The van der Waals surface area contributed by atoms with Crippen LogP contribution in [0, 0.1) is 5.92 Å². The number of hydrogen-bond donors (Lipinski definition) is 0. The number of benzene rings is 3. The fourth-order valence-corrected chi connectivity index (χ4v) is 4.63. The molecule has 0 aliphatic heterocycles. The second kappa shape index (κ2) is 7.28.